The molecule has 1 aliphatic carbocycles. The average molecular weight is 232 g/mol. The first-order valence-corrected chi connectivity index (χ1v) is 6.23. The van der Waals surface area contributed by atoms with Gasteiger partial charge in [-0.2, -0.15) is 0 Å². The van der Waals surface area contributed by atoms with Gasteiger partial charge in [0.25, 0.3) is 0 Å². The number of ketones is 1. The van der Waals surface area contributed by atoms with Crippen LogP contribution in [0.15, 0.2) is 18.2 Å². The van der Waals surface area contributed by atoms with Crippen molar-refractivity contribution in [1.82, 2.24) is 4.98 Å². The summed E-state index contributed by atoms with van der Waals surface area (Å²) in [6.45, 7) is 0.0606. The molecule has 16 heavy (non-hydrogen) atoms. The normalized spacial score (nSPS) is 15.6. The third-order valence-electron chi connectivity index (χ3n) is 2.84. The molecular formula is C12H12N2OS. The summed E-state index contributed by atoms with van der Waals surface area (Å²) >= 11 is 1.74. The average Bonchev–Trinajstić information content (AvgIpc) is 3.07. The Morgan fingerprint density at radius 3 is 3.00 bits per heavy atom. The Balaban J connectivity index is 2.06. The van der Waals surface area contributed by atoms with Crippen molar-refractivity contribution in [3.8, 4) is 0 Å². The third-order valence-corrected chi connectivity index (χ3v) is 4.04. The van der Waals surface area contributed by atoms with E-state index in [1.54, 1.807) is 11.3 Å². The molecule has 2 aromatic rings. The highest BCUT2D eigenvalue weighted by Crippen LogP contribution is 2.43. The van der Waals surface area contributed by atoms with Crippen LogP contribution < -0.4 is 5.73 Å². The van der Waals surface area contributed by atoms with E-state index in [2.05, 4.69) is 4.98 Å². The van der Waals surface area contributed by atoms with E-state index in [0.717, 1.165) is 10.2 Å². The van der Waals surface area contributed by atoms with Crippen molar-refractivity contribution in [2.45, 2.75) is 18.8 Å². The highest BCUT2D eigenvalue weighted by atomic mass is 32.1. The lowest BCUT2D eigenvalue weighted by Gasteiger charge is -1.96. The van der Waals surface area contributed by atoms with Crippen LogP contribution in [0.3, 0.4) is 0 Å². The van der Waals surface area contributed by atoms with Crippen molar-refractivity contribution in [3.05, 3.63) is 28.8 Å². The summed E-state index contributed by atoms with van der Waals surface area (Å²) in [6.07, 6.45) is 2.52. The van der Waals surface area contributed by atoms with Gasteiger partial charge in [-0.15, -0.1) is 11.3 Å². The van der Waals surface area contributed by atoms with Crippen LogP contribution in [0.4, 0.5) is 0 Å². The van der Waals surface area contributed by atoms with Gasteiger partial charge in [-0.1, -0.05) is 0 Å². The number of benzene rings is 1. The SMILES string of the molecule is NCC(=O)c1ccc2sc(C3CC3)nc2c1. The minimum atomic E-state index is -0.0251. The first-order valence-electron chi connectivity index (χ1n) is 5.41. The lowest BCUT2D eigenvalue weighted by molar-refractivity contribution is 0.100. The zero-order valence-corrected chi connectivity index (χ0v) is 9.59. The van der Waals surface area contributed by atoms with Gasteiger partial charge in [-0.25, -0.2) is 4.98 Å². The molecule has 1 aromatic carbocycles. The molecule has 0 atom stereocenters. The third kappa shape index (κ3) is 1.64. The number of thiazole rings is 1. The highest BCUT2D eigenvalue weighted by molar-refractivity contribution is 7.18. The molecule has 82 valence electrons. The van der Waals surface area contributed by atoms with E-state index in [0.29, 0.717) is 11.5 Å². The Kier molecular flexibility index (Phi) is 2.26. The van der Waals surface area contributed by atoms with Crippen LogP contribution in [0.25, 0.3) is 10.2 Å². The lowest BCUT2D eigenvalue weighted by Crippen LogP contribution is -2.13. The van der Waals surface area contributed by atoms with E-state index < -0.39 is 0 Å². The van der Waals surface area contributed by atoms with E-state index in [-0.39, 0.29) is 12.3 Å². The largest absolute Gasteiger partial charge is 0.324 e. The Labute approximate surface area is 97.3 Å². The quantitative estimate of drug-likeness (QED) is 0.826. The molecule has 1 fully saturated rings. The molecule has 1 aliphatic rings. The molecule has 0 aliphatic heterocycles. The standard InChI is InChI=1S/C12H12N2OS/c13-6-10(15)8-3-4-11-9(5-8)14-12(16-11)7-1-2-7/h3-5,7H,1-2,6,13H2. The minimum absolute atomic E-state index is 0.0251. The number of nitrogens with two attached hydrogens (primary N) is 1. The molecule has 3 rings (SSSR count). The molecular weight excluding hydrogens is 220 g/mol. The number of carbonyl (C=O) groups excluding carboxylic acids is 1. The maximum Gasteiger partial charge on any atom is 0.176 e. The van der Waals surface area contributed by atoms with E-state index in [9.17, 15) is 4.79 Å². The van der Waals surface area contributed by atoms with Gasteiger partial charge >= 0.3 is 0 Å². The fraction of sp³-hybridized carbons (Fsp3) is 0.333. The molecule has 1 saturated carbocycles. The van der Waals surface area contributed by atoms with E-state index in [1.807, 2.05) is 18.2 Å². The Morgan fingerprint density at radius 1 is 1.50 bits per heavy atom. The predicted molar refractivity (Wildman–Crippen MR) is 65.0 cm³/mol. The molecule has 0 bridgehead atoms. The van der Waals surface area contributed by atoms with Gasteiger partial charge in [0.05, 0.1) is 21.8 Å². The second kappa shape index (κ2) is 3.64. The van der Waals surface area contributed by atoms with E-state index in [4.69, 9.17) is 5.73 Å². The van der Waals surface area contributed by atoms with Crippen LogP contribution >= 0.6 is 11.3 Å². The molecule has 0 unspecified atom stereocenters. The molecule has 1 heterocycles. The molecule has 0 spiro atoms. The van der Waals surface area contributed by atoms with Gasteiger partial charge in [0.15, 0.2) is 5.78 Å². The smallest absolute Gasteiger partial charge is 0.176 e. The first-order chi connectivity index (χ1) is 7.78. The zero-order chi connectivity index (χ0) is 11.1. The van der Waals surface area contributed by atoms with Gasteiger partial charge in [0.2, 0.25) is 0 Å². The van der Waals surface area contributed by atoms with Gasteiger partial charge in [0, 0.05) is 11.5 Å². The molecule has 4 heteroatoms. The maximum atomic E-state index is 11.5. The molecule has 1 aromatic heterocycles. The van der Waals surface area contributed by atoms with Crippen molar-refractivity contribution in [2.24, 2.45) is 5.73 Å². The summed E-state index contributed by atoms with van der Waals surface area (Å²) in [5, 5.41) is 1.22. The first kappa shape index (κ1) is 9.93. The number of hydrogen-bond acceptors (Lipinski definition) is 4. The maximum absolute atomic E-state index is 11.5. The fourth-order valence-corrected chi connectivity index (χ4v) is 2.86. The van der Waals surface area contributed by atoms with Crippen LogP contribution in [-0.4, -0.2) is 17.3 Å². The van der Waals surface area contributed by atoms with Crippen LogP contribution in [0.1, 0.15) is 34.1 Å². The van der Waals surface area contributed by atoms with Crippen molar-refractivity contribution >= 4 is 27.3 Å². The number of nitrogens with zero attached hydrogens (tertiary/aromatic N) is 1. The van der Waals surface area contributed by atoms with Crippen LogP contribution in [0, 0.1) is 0 Å². The summed E-state index contributed by atoms with van der Waals surface area (Å²) in [5.74, 6) is 0.647. The van der Waals surface area contributed by atoms with Crippen molar-refractivity contribution in [2.75, 3.05) is 6.54 Å². The highest BCUT2D eigenvalue weighted by Gasteiger charge is 2.27. The lowest BCUT2D eigenvalue weighted by atomic mass is 10.1. The second-order valence-electron chi connectivity index (χ2n) is 4.14. The Morgan fingerprint density at radius 2 is 2.31 bits per heavy atom. The van der Waals surface area contributed by atoms with Gasteiger partial charge in [0.1, 0.15) is 0 Å². The number of fused-ring (bicyclic) bond motifs is 1. The molecule has 2 N–H and O–H groups in total. The number of aromatic nitrogens is 1. The fourth-order valence-electron chi connectivity index (χ4n) is 1.74. The molecule has 0 radical (unpaired) electrons. The Bertz CT molecular complexity index is 557. The van der Waals surface area contributed by atoms with Crippen molar-refractivity contribution in [3.63, 3.8) is 0 Å². The Hall–Kier alpha value is -1.26. The zero-order valence-electron chi connectivity index (χ0n) is 8.77. The van der Waals surface area contributed by atoms with Crippen molar-refractivity contribution in [1.29, 1.82) is 0 Å². The summed E-state index contributed by atoms with van der Waals surface area (Å²) in [7, 11) is 0. The monoisotopic (exact) mass is 232 g/mol. The molecule has 3 nitrogen and oxygen atoms in total. The van der Waals surface area contributed by atoms with Crippen LogP contribution in [0.5, 0.6) is 0 Å². The van der Waals surface area contributed by atoms with Gasteiger partial charge in [-0.3, -0.25) is 4.79 Å². The second-order valence-corrected chi connectivity index (χ2v) is 5.20. The van der Waals surface area contributed by atoms with E-state index in [1.165, 1.54) is 17.8 Å². The van der Waals surface area contributed by atoms with E-state index >= 15 is 0 Å². The predicted octanol–water partition coefficient (Wildman–Crippen LogP) is 2.32. The summed E-state index contributed by atoms with van der Waals surface area (Å²) in [6, 6.07) is 5.67. The van der Waals surface area contributed by atoms with Crippen LogP contribution in [-0.2, 0) is 0 Å². The number of rotatable bonds is 3. The number of hydrogen-bond donors (Lipinski definition) is 1. The summed E-state index contributed by atoms with van der Waals surface area (Å²) in [4.78, 5) is 16.0. The summed E-state index contributed by atoms with van der Waals surface area (Å²) in [5.41, 5.74) is 6.95. The number of Topliss-reactive ketones (excluding diaryl/α,β-unsaturated/α-hetero) is 1. The summed E-state index contributed by atoms with van der Waals surface area (Å²) < 4.78 is 1.16. The van der Waals surface area contributed by atoms with Gasteiger partial charge in [-0.05, 0) is 31.0 Å². The molecule has 0 amide bonds. The minimum Gasteiger partial charge on any atom is -0.324 e. The number of carbonyl (C=O) groups is 1. The van der Waals surface area contributed by atoms with Gasteiger partial charge < -0.3 is 5.73 Å². The molecule has 0 saturated heterocycles. The van der Waals surface area contributed by atoms with Crippen LogP contribution in [0.2, 0.25) is 0 Å². The van der Waals surface area contributed by atoms with Crippen molar-refractivity contribution < 1.29 is 4.79 Å². The topological polar surface area (TPSA) is 56.0 Å².